The van der Waals surface area contributed by atoms with Gasteiger partial charge in [-0.05, 0) is 43.7 Å². The molecule has 0 unspecified atom stereocenters. The second-order valence-electron chi connectivity index (χ2n) is 8.57. The SMILES string of the molecule is Cc1ccc(C(=O)N2CCN([C@@H]3CN(c4ccc(C)cc4NC(N)=O)CC3=O)CC2)cc1. The van der Waals surface area contributed by atoms with E-state index in [0.29, 0.717) is 44.0 Å². The fourth-order valence-corrected chi connectivity index (χ4v) is 4.45. The molecule has 3 amide bonds. The number of Topliss-reactive ketones (excluding diaryl/α,β-unsaturated/α-hetero) is 1. The Labute approximate surface area is 188 Å². The first-order valence-electron chi connectivity index (χ1n) is 10.9. The molecular formula is C24H29N5O3. The van der Waals surface area contributed by atoms with E-state index in [1.807, 2.05) is 66.1 Å². The second kappa shape index (κ2) is 9.00. The van der Waals surface area contributed by atoms with E-state index >= 15 is 0 Å². The van der Waals surface area contributed by atoms with Crippen molar-refractivity contribution in [2.24, 2.45) is 5.73 Å². The zero-order chi connectivity index (χ0) is 22.8. The average molecular weight is 436 g/mol. The summed E-state index contributed by atoms with van der Waals surface area (Å²) in [5.41, 5.74) is 9.54. The van der Waals surface area contributed by atoms with Gasteiger partial charge in [0.1, 0.15) is 0 Å². The summed E-state index contributed by atoms with van der Waals surface area (Å²) in [7, 11) is 0. The highest BCUT2D eigenvalue weighted by Gasteiger charge is 2.37. The molecule has 3 N–H and O–H groups in total. The summed E-state index contributed by atoms with van der Waals surface area (Å²) >= 11 is 0. The Morgan fingerprint density at radius 3 is 2.28 bits per heavy atom. The number of amides is 3. The lowest BCUT2D eigenvalue weighted by Crippen LogP contribution is -2.54. The lowest BCUT2D eigenvalue weighted by Gasteiger charge is -2.37. The van der Waals surface area contributed by atoms with Gasteiger partial charge in [-0.1, -0.05) is 23.8 Å². The molecule has 2 saturated heterocycles. The van der Waals surface area contributed by atoms with Gasteiger partial charge in [-0.25, -0.2) is 4.79 Å². The van der Waals surface area contributed by atoms with E-state index in [2.05, 4.69) is 10.2 Å². The van der Waals surface area contributed by atoms with Crippen LogP contribution in [0.4, 0.5) is 16.2 Å². The maximum absolute atomic E-state index is 12.9. The molecule has 168 valence electrons. The highest BCUT2D eigenvalue weighted by Crippen LogP contribution is 2.30. The number of nitrogens with two attached hydrogens (primary N) is 1. The normalized spacial score (nSPS) is 19.3. The number of nitrogens with zero attached hydrogens (tertiary/aromatic N) is 3. The van der Waals surface area contributed by atoms with Crippen molar-refractivity contribution in [3.05, 3.63) is 59.2 Å². The summed E-state index contributed by atoms with van der Waals surface area (Å²) in [5.74, 6) is 0.180. The van der Waals surface area contributed by atoms with Crippen LogP contribution in [0.15, 0.2) is 42.5 Å². The van der Waals surface area contributed by atoms with Gasteiger partial charge in [-0.2, -0.15) is 0 Å². The van der Waals surface area contributed by atoms with Crippen LogP contribution in [0.2, 0.25) is 0 Å². The van der Waals surface area contributed by atoms with E-state index in [9.17, 15) is 14.4 Å². The zero-order valence-corrected chi connectivity index (χ0v) is 18.5. The smallest absolute Gasteiger partial charge is 0.316 e. The number of carbonyl (C=O) groups excluding carboxylic acids is 3. The molecule has 8 heteroatoms. The fourth-order valence-electron chi connectivity index (χ4n) is 4.45. The van der Waals surface area contributed by atoms with Gasteiger partial charge in [0.05, 0.1) is 24.0 Å². The van der Waals surface area contributed by atoms with Gasteiger partial charge in [0.25, 0.3) is 5.91 Å². The third kappa shape index (κ3) is 4.60. The van der Waals surface area contributed by atoms with Crippen molar-refractivity contribution in [2.75, 3.05) is 49.5 Å². The minimum absolute atomic E-state index is 0.0332. The number of piperazine rings is 1. The summed E-state index contributed by atoms with van der Waals surface area (Å²) < 4.78 is 0. The number of benzene rings is 2. The predicted molar refractivity (Wildman–Crippen MR) is 124 cm³/mol. The highest BCUT2D eigenvalue weighted by molar-refractivity contribution is 5.97. The number of aryl methyl sites for hydroxylation is 2. The van der Waals surface area contributed by atoms with Crippen LogP contribution in [0.3, 0.4) is 0 Å². The molecule has 0 aromatic heterocycles. The Bertz CT molecular complexity index is 1030. The van der Waals surface area contributed by atoms with Crippen LogP contribution in [-0.2, 0) is 4.79 Å². The first-order valence-corrected chi connectivity index (χ1v) is 10.9. The molecule has 4 rings (SSSR count). The molecule has 0 radical (unpaired) electrons. The van der Waals surface area contributed by atoms with E-state index in [-0.39, 0.29) is 24.3 Å². The molecule has 0 aliphatic carbocycles. The molecule has 2 aromatic carbocycles. The third-order valence-electron chi connectivity index (χ3n) is 6.20. The van der Waals surface area contributed by atoms with Crippen LogP contribution in [0.5, 0.6) is 0 Å². The molecule has 8 nitrogen and oxygen atoms in total. The Balaban J connectivity index is 1.40. The number of carbonyl (C=O) groups is 3. The van der Waals surface area contributed by atoms with E-state index < -0.39 is 6.03 Å². The number of primary amides is 1. The standard InChI is InChI=1S/C24H29N5O3/c1-16-3-6-18(7-4-16)23(31)28-11-9-27(10-12-28)21-14-29(15-22(21)30)20-8-5-17(2)13-19(20)26-24(25)32/h3-8,13,21H,9-12,14-15H2,1-2H3,(H3,25,26,32)/t21-/m1/s1. The number of nitrogens with one attached hydrogen (secondary N) is 1. The van der Waals surface area contributed by atoms with Crippen LogP contribution in [0.1, 0.15) is 21.5 Å². The van der Waals surface area contributed by atoms with Crippen molar-refractivity contribution >= 4 is 29.1 Å². The summed E-state index contributed by atoms with van der Waals surface area (Å²) in [6.45, 7) is 7.25. The van der Waals surface area contributed by atoms with Gasteiger partial charge >= 0.3 is 6.03 Å². The first kappa shape index (κ1) is 21.8. The minimum atomic E-state index is -0.631. The number of ketones is 1. The Hall–Kier alpha value is -3.39. The van der Waals surface area contributed by atoms with Gasteiger partial charge in [-0.3, -0.25) is 14.5 Å². The van der Waals surface area contributed by atoms with Crippen molar-refractivity contribution in [3.8, 4) is 0 Å². The number of hydrogen-bond acceptors (Lipinski definition) is 5. The molecule has 2 heterocycles. The predicted octanol–water partition coefficient (Wildman–Crippen LogP) is 2.01. The van der Waals surface area contributed by atoms with Crippen LogP contribution < -0.4 is 16.0 Å². The molecule has 2 aromatic rings. The van der Waals surface area contributed by atoms with Gasteiger partial charge < -0.3 is 20.9 Å². The van der Waals surface area contributed by atoms with Crippen molar-refractivity contribution in [1.29, 1.82) is 0 Å². The Morgan fingerprint density at radius 1 is 0.969 bits per heavy atom. The van der Waals surface area contributed by atoms with E-state index in [1.54, 1.807) is 0 Å². The van der Waals surface area contributed by atoms with Gasteiger partial charge in [0.15, 0.2) is 5.78 Å². The van der Waals surface area contributed by atoms with Crippen LogP contribution in [0, 0.1) is 13.8 Å². The monoisotopic (exact) mass is 435 g/mol. The van der Waals surface area contributed by atoms with Crippen molar-refractivity contribution in [3.63, 3.8) is 0 Å². The minimum Gasteiger partial charge on any atom is -0.360 e. The Kier molecular flexibility index (Phi) is 6.14. The fraction of sp³-hybridized carbons (Fsp3) is 0.375. The molecule has 0 saturated carbocycles. The Morgan fingerprint density at radius 2 is 1.62 bits per heavy atom. The lowest BCUT2D eigenvalue weighted by atomic mass is 10.1. The molecule has 1 atom stereocenters. The summed E-state index contributed by atoms with van der Waals surface area (Å²) in [6.07, 6.45) is 0. The molecule has 0 spiro atoms. The van der Waals surface area contributed by atoms with E-state index in [4.69, 9.17) is 5.73 Å². The summed E-state index contributed by atoms with van der Waals surface area (Å²) in [5, 5.41) is 2.67. The molecule has 2 aliphatic rings. The second-order valence-corrected chi connectivity index (χ2v) is 8.57. The van der Waals surface area contributed by atoms with Crippen LogP contribution in [0.25, 0.3) is 0 Å². The average Bonchev–Trinajstić information content (AvgIpc) is 3.15. The lowest BCUT2D eigenvalue weighted by molar-refractivity contribution is -0.121. The van der Waals surface area contributed by atoms with Gasteiger partial charge in [0.2, 0.25) is 0 Å². The molecule has 0 bridgehead atoms. The largest absolute Gasteiger partial charge is 0.360 e. The number of rotatable bonds is 4. The number of hydrogen-bond donors (Lipinski definition) is 2. The first-order chi connectivity index (χ1) is 15.3. The van der Waals surface area contributed by atoms with E-state index in [0.717, 1.165) is 16.8 Å². The van der Waals surface area contributed by atoms with Gasteiger partial charge in [0, 0.05) is 38.3 Å². The molecule has 2 fully saturated rings. The van der Waals surface area contributed by atoms with Crippen molar-refractivity contribution in [1.82, 2.24) is 9.80 Å². The quantitative estimate of drug-likeness (QED) is 0.766. The molecule has 2 aliphatic heterocycles. The van der Waals surface area contributed by atoms with E-state index in [1.165, 1.54) is 0 Å². The zero-order valence-electron chi connectivity index (χ0n) is 18.5. The van der Waals surface area contributed by atoms with Crippen molar-refractivity contribution in [2.45, 2.75) is 19.9 Å². The maximum atomic E-state index is 12.9. The third-order valence-corrected chi connectivity index (χ3v) is 6.20. The topological polar surface area (TPSA) is 99.0 Å². The highest BCUT2D eigenvalue weighted by atomic mass is 16.2. The number of anilines is 2. The summed E-state index contributed by atoms with van der Waals surface area (Å²) in [6, 6.07) is 12.5. The van der Waals surface area contributed by atoms with Crippen LogP contribution >= 0.6 is 0 Å². The number of urea groups is 1. The van der Waals surface area contributed by atoms with Crippen LogP contribution in [-0.4, -0.2) is 72.8 Å². The summed E-state index contributed by atoms with van der Waals surface area (Å²) in [4.78, 5) is 43.1. The molecular weight excluding hydrogens is 406 g/mol. The van der Waals surface area contributed by atoms with Crippen molar-refractivity contribution < 1.29 is 14.4 Å². The molecule has 32 heavy (non-hydrogen) atoms. The maximum Gasteiger partial charge on any atom is 0.316 e. The van der Waals surface area contributed by atoms with Gasteiger partial charge in [-0.15, -0.1) is 0 Å².